The van der Waals surface area contributed by atoms with Gasteiger partial charge in [0.05, 0.1) is 23.4 Å². The summed E-state index contributed by atoms with van der Waals surface area (Å²) in [6.45, 7) is 0.472. The third-order valence-electron chi connectivity index (χ3n) is 1.76. The van der Waals surface area contributed by atoms with Crippen LogP contribution < -0.4 is 5.73 Å². The molecule has 68 valence electrons. The molecule has 0 aliphatic carbocycles. The van der Waals surface area contributed by atoms with Crippen LogP contribution in [-0.4, -0.2) is 17.1 Å². The number of rotatable bonds is 2. The van der Waals surface area contributed by atoms with Crippen LogP contribution in [0.25, 0.3) is 10.2 Å². The van der Waals surface area contributed by atoms with Crippen molar-refractivity contribution in [3.63, 3.8) is 0 Å². The van der Waals surface area contributed by atoms with E-state index in [1.54, 1.807) is 7.11 Å². The zero-order chi connectivity index (χ0) is 9.26. The number of methoxy groups -OCH3 is 1. The molecular formula is C8H9N3OS. The van der Waals surface area contributed by atoms with E-state index in [0.717, 1.165) is 21.6 Å². The van der Waals surface area contributed by atoms with E-state index < -0.39 is 0 Å². The molecule has 2 aromatic heterocycles. The molecule has 0 saturated heterocycles. The highest BCUT2D eigenvalue weighted by Gasteiger charge is 2.08. The summed E-state index contributed by atoms with van der Waals surface area (Å²) in [5, 5.41) is 2.80. The molecule has 2 rings (SSSR count). The molecule has 0 saturated carbocycles. The van der Waals surface area contributed by atoms with Crippen molar-refractivity contribution in [2.75, 3.05) is 12.8 Å². The monoisotopic (exact) mass is 195 g/mol. The van der Waals surface area contributed by atoms with Gasteiger partial charge in [0.2, 0.25) is 0 Å². The normalized spacial score (nSPS) is 10.8. The fraction of sp³-hybridized carbons (Fsp3) is 0.250. The summed E-state index contributed by atoms with van der Waals surface area (Å²) in [5.74, 6) is 0. The number of nitrogens with two attached hydrogens (primary N) is 1. The number of ether oxygens (including phenoxy) is 1. The molecule has 13 heavy (non-hydrogen) atoms. The zero-order valence-corrected chi connectivity index (χ0v) is 7.97. The van der Waals surface area contributed by atoms with Gasteiger partial charge in [0.15, 0.2) is 0 Å². The number of nitrogen functional groups attached to an aromatic ring is 1. The third-order valence-corrected chi connectivity index (χ3v) is 2.66. The molecule has 2 aromatic rings. The van der Waals surface area contributed by atoms with E-state index in [-0.39, 0.29) is 0 Å². The van der Waals surface area contributed by atoms with Gasteiger partial charge in [0, 0.05) is 12.5 Å². The molecule has 5 heteroatoms. The Morgan fingerprint density at radius 2 is 2.38 bits per heavy atom. The maximum Gasteiger partial charge on any atom is 0.129 e. The van der Waals surface area contributed by atoms with Crippen molar-refractivity contribution in [3.8, 4) is 0 Å². The van der Waals surface area contributed by atoms with Gasteiger partial charge in [0.1, 0.15) is 11.2 Å². The van der Waals surface area contributed by atoms with Gasteiger partial charge in [0.25, 0.3) is 0 Å². The van der Waals surface area contributed by atoms with Crippen molar-refractivity contribution in [3.05, 3.63) is 17.4 Å². The first-order valence-corrected chi connectivity index (χ1v) is 4.66. The Labute approximate surface area is 79.4 Å². The predicted octanol–water partition coefficient (Wildman–Crippen LogP) is 1.42. The van der Waals surface area contributed by atoms with E-state index in [4.69, 9.17) is 10.5 Å². The molecule has 0 aliphatic heterocycles. The minimum atomic E-state index is 0.472. The fourth-order valence-corrected chi connectivity index (χ4v) is 2.03. The Morgan fingerprint density at radius 3 is 3.15 bits per heavy atom. The van der Waals surface area contributed by atoms with Crippen LogP contribution in [0.3, 0.4) is 0 Å². The molecule has 2 heterocycles. The van der Waals surface area contributed by atoms with Crippen molar-refractivity contribution in [2.45, 2.75) is 6.61 Å². The summed E-state index contributed by atoms with van der Waals surface area (Å²) in [4.78, 5) is 9.15. The van der Waals surface area contributed by atoms with E-state index in [1.165, 1.54) is 17.7 Å². The molecule has 2 N–H and O–H groups in total. The van der Waals surface area contributed by atoms with E-state index in [9.17, 15) is 0 Å². The number of fused-ring (bicyclic) bond motifs is 1. The lowest BCUT2D eigenvalue weighted by Gasteiger charge is -2.00. The predicted molar refractivity (Wildman–Crippen MR) is 52.5 cm³/mol. The minimum absolute atomic E-state index is 0.472. The highest BCUT2D eigenvalue weighted by atomic mass is 32.1. The molecule has 0 amide bonds. The molecule has 0 aromatic carbocycles. The van der Waals surface area contributed by atoms with Crippen LogP contribution in [0, 0.1) is 0 Å². The van der Waals surface area contributed by atoms with Crippen molar-refractivity contribution in [1.82, 2.24) is 9.97 Å². The van der Waals surface area contributed by atoms with Crippen LogP contribution >= 0.6 is 11.3 Å². The number of nitrogens with zero attached hydrogens (tertiary/aromatic N) is 2. The number of aromatic nitrogens is 2. The van der Waals surface area contributed by atoms with Gasteiger partial charge in [-0.2, -0.15) is 0 Å². The molecule has 0 unspecified atom stereocenters. The SMILES string of the molecule is COCc1ncnc2scc(N)c12. The van der Waals surface area contributed by atoms with Crippen LogP contribution in [0.5, 0.6) is 0 Å². The van der Waals surface area contributed by atoms with Crippen molar-refractivity contribution in [1.29, 1.82) is 0 Å². The Kier molecular flexibility index (Phi) is 2.12. The summed E-state index contributed by atoms with van der Waals surface area (Å²) < 4.78 is 5.02. The van der Waals surface area contributed by atoms with Crippen LogP contribution in [0.1, 0.15) is 5.69 Å². The Bertz CT molecular complexity index is 426. The summed E-state index contributed by atoms with van der Waals surface area (Å²) in [6, 6.07) is 0. The van der Waals surface area contributed by atoms with Crippen LogP contribution in [0.4, 0.5) is 5.69 Å². The maximum atomic E-state index is 5.78. The first-order valence-electron chi connectivity index (χ1n) is 3.78. The minimum Gasteiger partial charge on any atom is -0.397 e. The van der Waals surface area contributed by atoms with Gasteiger partial charge in [-0.15, -0.1) is 11.3 Å². The lowest BCUT2D eigenvalue weighted by molar-refractivity contribution is 0.182. The third kappa shape index (κ3) is 1.36. The highest BCUT2D eigenvalue weighted by Crippen LogP contribution is 2.28. The van der Waals surface area contributed by atoms with Crippen LogP contribution in [-0.2, 0) is 11.3 Å². The molecule has 0 fully saturated rings. The van der Waals surface area contributed by atoms with Crippen LogP contribution in [0.2, 0.25) is 0 Å². The quantitative estimate of drug-likeness (QED) is 0.787. The lowest BCUT2D eigenvalue weighted by atomic mass is 10.2. The summed E-state index contributed by atoms with van der Waals surface area (Å²) in [7, 11) is 1.64. The summed E-state index contributed by atoms with van der Waals surface area (Å²) >= 11 is 1.52. The Balaban J connectivity index is 2.65. The molecule has 0 aliphatic rings. The molecule has 0 spiro atoms. The van der Waals surface area contributed by atoms with E-state index >= 15 is 0 Å². The highest BCUT2D eigenvalue weighted by molar-refractivity contribution is 7.17. The Hall–Kier alpha value is -1.20. The largest absolute Gasteiger partial charge is 0.397 e. The number of thiophene rings is 1. The zero-order valence-electron chi connectivity index (χ0n) is 7.15. The summed E-state index contributed by atoms with van der Waals surface area (Å²) in [5.41, 5.74) is 7.36. The van der Waals surface area contributed by atoms with Crippen molar-refractivity contribution in [2.24, 2.45) is 0 Å². The fourth-order valence-electron chi connectivity index (χ4n) is 1.21. The second-order valence-corrected chi connectivity index (χ2v) is 3.48. The van der Waals surface area contributed by atoms with Gasteiger partial charge in [-0.1, -0.05) is 0 Å². The standard InChI is InChI=1S/C8H9N3OS/c1-12-2-6-7-5(9)3-13-8(7)11-4-10-6/h3-4H,2,9H2,1H3. The first-order chi connectivity index (χ1) is 6.33. The Morgan fingerprint density at radius 1 is 1.54 bits per heavy atom. The smallest absolute Gasteiger partial charge is 0.129 e. The van der Waals surface area contributed by atoms with Crippen molar-refractivity contribution >= 4 is 27.2 Å². The van der Waals surface area contributed by atoms with Gasteiger partial charge >= 0.3 is 0 Å². The molecule has 0 bridgehead atoms. The van der Waals surface area contributed by atoms with Gasteiger partial charge in [-0.05, 0) is 0 Å². The number of anilines is 1. The molecule has 4 nitrogen and oxygen atoms in total. The van der Waals surface area contributed by atoms with Crippen molar-refractivity contribution < 1.29 is 4.74 Å². The second kappa shape index (κ2) is 3.27. The van der Waals surface area contributed by atoms with E-state index in [2.05, 4.69) is 9.97 Å². The lowest BCUT2D eigenvalue weighted by Crippen LogP contribution is -1.95. The van der Waals surface area contributed by atoms with Gasteiger partial charge < -0.3 is 10.5 Å². The average molecular weight is 195 g/mol. The van der Waals surface area contributed by atoms with E-state index in [0.29, 0.717) is 6.61 Å². The first kappa shape index (κ1) is 8.40. The molecule has 0 radical (unpaired) electrons. The van der Waals surface area contributed by atoms with Gasteiger partial charge in [-0.25, -0.2) is 9.97 Å². The van der Waals surface area contributed by atoms with Gasteiger partial charge in [-0.3, -0.25) is 0 Å². The summed E-state index contributed by atoms with van der Waals surface area (Å²) in [6.07, 6.45) is 1.53. The number of hydrogen-bond donors (Lipinski definition) is 1. The molecule has 0 atom stereocenters. The average Bonchev–Trinajstić information content (AvgIpc) is 2.50. The molecular weight excluding hydrogens is 186 g/mol. The second-order valence-electron chi connectivity index (χ2n) is 2.62. The number of hydrogen-bond acceptors (Lipinski definition) is 5. The maximum absolute atomic E-state index is 5.78. The van der Waals surface area contributed by atoms with E-state index in [1.807, 2.05) is 5.38 Å². The van der Waals surface area contributed by atoms with Crippen LogP contribution in [0.15, 0.2) is 11.7 Å². The topological polar surface area (TPSA) is 61.0 Å².